The largest absolute Gasteiger partial charge is 0.417 e. The SMILES string of the molecule is O=c1[nH]c2cc(Cl)cc(CO)c2o1. The molecule has 0 aliphatic carbocycles. The molecule has 1 heterocycles. The van der Waals surface area contributed by atoms with Crippen molar-refractivity contribution < 1.29 is 9.52 Å². The van der Waals surface area contributed by atoms with Gasteiger partial charge in [0.1, 0.15) is 0 Å². The number of rotatable bonds is 1. The van der Waals surface area contributed by atoms with Crippen LogP contribution in [0.2, 0.25) is 5.02 Å². The highest BCUT2D eigenvalue weighted by molar-refractivity contribution is 6.31. The Morgan fingerprint density at radius 1 is 1.54 bits per heavy atom. The molecule has 0 aliphatic rings. The first kappa shape index (κ1) is 8.34. The van der Waals surface area contributed by atoms with Crippen molar-refractivity contribution in [2.75, 3.05) is 0 Å². The molecule has 0 bridgehead atoms. The second-order valence-electron chi connectivity index (χ2n) is 2.61. The highest BCUT2D eigenvalue weighted by Crippen LogP contribution is 2.21. The zero-order valence-electron chi connectivity index (χ0n) is 6.50. The van der Waals surface area contributed by atoms with Crippen molar-refractivity contribution in [3.63, 3.8) is 0 Å². The van der Waals surface area contributed by atoms with Crippen LogP contribution in [-0.4, -0.2) is 10.1 Å². The first-order chi connectivity index (χ1) is 6.20. The number of fused-ring (bicyclic) bond motifs is 1. The Morgan fingerprint density at radius 2 is 2.31 bits per heavy atom. The molecule has 1 aromatic heterocycles. The molecule has 4 nitrogen and oxygen atoms in total. The molecule has 0 saturated carbocycles. The molecule has 5 heteroatoms. The molecule has 2 rings (SSSR count). The Hall–Kier alpha value is -1.26. The number of H-pyrrole nitrogens is 1. The molecular weight excluding hydrogens is 194 g/mol. The van der Waals surface area contributed by atoms with Gasteiger partial charge in [-0.1, -0.05) is 11.6 Å². The zero-order chi connectivity index (χ0) is 9.42. The van der Waals surface area contributed by atoms with Gasteiger partial charge in [-0.05, 0) is 12.1 Å². The van der Waals surface area contributed by atoms with Crippen molar-refractivity contribution in [3.8, 4) is 0 Å². The molecule has 68 valence electrons. The smallest absolute Gasteiger partial charge is 0.407 e. The number of aromatic nitrogens is 1. The Bertz CT molecular complexity index is 500. The summed E-state index contributed by atoms with van der Waals surface area (Å²) in [5, 5.41) is 9.39. The van der Waals surface area contributed by atoms with Crippen molar-refractivity contribution in [3.05, 3.63) is 33.3 Å². The summed E-state index contributed by atoms with van der Waals surface area (Å²) in [7, 11) is 0. The number of benzene rings is 1. The first-order valence-corrected chi connectivity index (χ1v) is 4.00. The number of halogens is 1. The topological polar surface area (TPSA) is 66.2 Å². The Morgan fingerprint density at radius 3 is 3.00 bits per heavy atom. The van der Waals surface area contributed by atoms with Gasteiger partial charge in [0.15, 0.2) is 5.58 Å². The normalized spacial score (nSPS) is 10.9. The maximum atomic E-state index is 10.8. The summed E-state index contributed by atoms with van der Waals surface area (Å²) in [6.07, 6.45) is 0. The lowest BCUT2D eigenvalue weighted by Crippen LogP contribution is -1.92. The van der Waals surface area contributed by atoms with E-state index in [1.807, 2.05) is 0 Å². The molecule has 0 unspecified atom stereocenters. The maximum Gasteiger partial charge on any atom is 0.417 e. The number of oxazole rings is 1. The van der Waals surface area contributed by atoms with Crippen molar-refractivity contribution in [2.24, 2.45) is 0 Å². The van der Waals surface area contributed by atoms with Crippen LogP contribution in [0.3, 0.4) is 0 Å². The molecule has 0 atom stereocenters. The zero-order valence-corrected chi connectivity index (χ0v) is 7.26. The molecule has 2 aromatic rings. The molecule has 0 saturated heterocycles. The van der Waals surface area contributed by atoms with Gasteiger partial charge in [-0.15, -0.1) is 0 Å². The summed E-state index contributed by atoms with van der Waals surface area (Å²) in [4.78, 5) is 13.3. The molecule has 0 spiro atoms. The second-order valence-corrected chi connectivity index (χ2v) is 3.05. The van der Waals surface area contributed by atoms with Gasteiger partial charge in [0, 0.05) is 10.6 Å². The van der Waals surface area contributed by atoms with Crippen LogP contribution in [0.1, 0.15) is 5.56 Å². The van der Waals surface area contributed by atoms with E-state index in [0.29, 0.717) is 21.7 Å². The van der Waals surface area contributed by atoms with E-state index >= 15 is 0 Å². The average molecular weight is 200 g/mol. The van der Waals surface area contributed by atoms with Crippen LogP contribution in [-0.2, 0) is 6.61 Å². The predicted molar refractivity (Wildman–Crippen MR) is 47.8 cm³/mol. The van der Waals surface area contributed by atoms with Gasteiger partial charge < -0.3 is 9.52 Å². The minimum atomic E-state index is -0.549. The molecule has 1 aromatic carbocycles. The minimum Gasteiger partial charge on any atom is -0.407 e. The van der Waals surface area contributed by atoms with E-state index in [4.69, 9.17) is 21.1 Å². The quantitative estimate of drug-likeness (QED) is 0.727. The Labute approximate surface area is 77.8 Å². The molecular formula is C8H6ClNO3. The van der Waals surface area contributed by atoms with E-state index in [0.717, 1.165) is 0 Å². The van der Waals surface area contributed by atoms with E-state index in [9.17, 15) is 4.79 Å². The van der Waals surface area contributed by atoms with Crippen LogP contribution in [0.4, 0.5) is 0 Å². The van der Waals surface area contributed by atoms with Gasteiger partial charge in [0.25, 0.3) is 0 Å². The lowest BCUT2D eigenvalue weighted by Gasteiger charge is -1.96. The maximum absolute atomic E-state index is 10.8. The lowest BCUT2D eigenvalue weighted by molar-refractivity contribution is 0.281. The van der Waals surface area contributed by atoms with Crippen molar-refractivity contribution >= 4 is 22.7 Å². The first-order valence-electron chi connectivity index (χ1n) is 3.63. The van der Waals surface area contributed by atoms with Gasteiger partial charge in [0.05, 0.1) is 12.1 Å². The van der Waals surface area contributed by atoms with Crippen LogP contribution in [0.5, 0.6) is 0 Å². The van der Waals surface area contributed by atoms with E-state index in [1.54, 1.807) is 12.1 Å². The summed E-state index contributed by atoms with van der Waals surface area (Å²) in [5.41, 5.74) is 1.36. The third-order valence-corrected chi connectivity index (χ3v) is 1.95. The van der Waals surface area contributed by atoms with Crippen LogP contribution in [0.15, 0.2) is 21.3 Å². The van der Waals surface area contributed by atoms with Gasteiger partial charge in [-0.3, -0.25) is 4.98 Å². The fraction of sp³-hybridized carbons (Fsp3) is 0.125. The number of aliphatic hydroxyl groups is 1. The van der Waals surface area contributed by atoms with Gasteiger partial charge in [0.2, 0.25) is 0 Å². The van der Waals surface area contributed by atoms with E-state index in [-0.39, 0.29) is 6.61 Å². The molecule has 0 fully saturated rings. The van der Waals surface area contributed by atoms with Crippen LogP contribution >= 0.6 is 11.6 Å². The molecule has 0 radical (unpaired) electrons. The molecule has 0 amide bonds. The van der Waals surface area contributed by atoms with Gasteiger partial charge in [-0.25, -0.2) is 4.79 Å². The fourth-order valence-electron chi connectivity index (χ4n) is 1.21. The average Bonchev–Trinajstić information content (AvgIpc) is 2.43. The van der Waals surface area contributed by atoms with Crippen molar-refractivity contribution in [2.45, 2.75) is 6.61 Å². The van der Waals surface area contributed by atoms with Gasteiger partial charge >= 0.3 is 5.76 Å². The standard InChI is InChI=1S/C8H6ClNO3/c9-5-1-4(3-11)7-6(2-5)10-8(12)13-7/h1-2,11H,3H2,(H,10,12). The Kier molecular flexibility index (Phi) is 1.86. The van der Waals surface area contributed by atoms with Crippen LogP contribution < -0.4 is 5.76 Å². The number of aliphatic hydroxyl groups excluding tert-OH is 1. The lowest BCUT2D eigenvalue weighted by atomic mass is 10.2. The minimum absolute atomic E-state index is 0.210. The predicted octanol–water partition coefficient (Wildman–Crippen LogP) is 1.27. The third-order valence-electron chi connectivity index (χ3n) is 1.73. The summed E-state index contributed by atoms with van der Waals surface area (Å²) in [5.74, 6) is -0.549. The fourth-order valence-corrected chi connectivity index (χ4v) is 1.45. The highest BCUT2D eigenvalue weighted by Gasteiger charge is 2.07. The second kappa shape index (κ2) is 2.90. The highest BCUT2D eigenvalue weighted by atomic mass is 35.5. The summed E-state index contributed by atoms with van der Waals surface area (Å²) < 4.78 is 4.82. The number of aromatic amines is 1. The van der Waals surface area contributed by atoms with Crippen LogP contribution in [0, 0.1) is 0 Å². The summed E-state index contributed by atoms with van der Waals surface area (Å²) in [6, 6.07) is 3.13. The van der Waals surface area contributed by atoms with Gasteiger partial charge in [-0.2, -0.15) is 0 Å². The van der Waals surface area contributed by atoms with E-state index in [2.05, 4.69) is 4.98 Å². The van der Waals surface area contributed by atoms with E-state index < -0.39 is 5.76 Å². The number of hydrogen-bond acceptors (Lipinski definition) is 3. The summed E-state index contributed by atoms with van der Waals surface area (Å²) in [6.45, 7) is -0.210. The van der Waals surface area contributed by atoms with Crippen molar-refractivity contribution in [1.82, 2.24) is 4.98 Å². The van der Waals surface area contributed by atoms with E-state index in [1.165, 1.54) is 0 Å². The van der Waals surface area contributed by atoms with Crippen LogP contribution in [0.25, 0.3) is 11.1 Å². The molecule has 0 aliphatic heterocycles. The molecule has 2 N–H and O–H groups in total. The monoisotopic (exact) mass is 199 g/mol. The number of hydrogen-bond donors (Lipinski definition) is 2. The van der Waals surface area contributed by atoms with Crippen molar-refractivity contribution in [1.29, 1.82) is 0 Å². The Balaban J connectivity index is 2.88. The molecule has 13 heavy (non-hydrogen) atoms. The summed E-state index contributed by atoms with van der Waals surface area (Å²) >= 11 is 5.74. The third kappa shape index (κ3) is 1.34. The number of nitrogens with one attached hydrogen (secondary N) is 1.